The van der Waals surface area contributed by atoms with E-state index in [9.17, 15) is 4.79 Å². The fourth-order valence-corrected chi connectivity index (χ4v) is 2.39. The molecule has 0 amide bonds. The van der Waals surface area contributed by atoms with Crippen LogP contribution in [0.25, 0.3) is 12.2 Å². The zero-order valence-corrected chi connectivity index (χ0v) is 14.6. The number of hydrogen-bond donors (Lipinski definition) is 1. The van der Waals surface area contributed by atoms with Crippen molar-refractivity contribution in [2.45, 2.75) is 6.54 Å². The van der Waals surface area contributed by atoms with Gasteiger partial charge in [-0.05, 0) is 23.8 Å². The fraction of sp³-hybridized carbons (Fsp3) is 0.125. The Morgan fingerprint density at radius 2 is 2.00 bits per heavy atom. The second kappa shape index (κ2) is 7.50. The van der Waals surface area contributed by atoms with Gasteiger partial charge in [0.05, 0.1) is 11.9 Å². The van der Waals surface area contributed by atoms with Crippen LogP contribution in [-0.4, -0.2) is 27.0 Å². The minimum atomic E-state index is -0.440. The maximum absolute atomic E-state index is 12.1. The molecule has 7 nitrogen and oxygen atoms in total. The van der Waals surface area contributed by atoms with Crippen molar-refractivity contribution >= 4 is 41.0 Å². The summed E-state index contributed by atoms with van der Waals surface area (Å²) in [7, 11) is 1.66. The molecule has 0 bridgehead atoms. The molecule has 25 heavy (non-hydrogen) atoms. The average molecular weight is 378 g/mol. The smallest absolute Gasteiger partial charge is 0.288 e. The molecule has 1 aromatic carbocycles. The van der Waals surface area contributed by atoms with Gasteiger partial charge in [0.2, 0.25) is 5.89 Å². The second-order valence-electron chi connectivity index (χ2n) is 5.02. The lowest BCUT2D eigenvalue weighted by molar-refractivity contribution is 0.361. The summed E-state index contributed by atoms with van der Waals surface area (Å²) >= 11 is 11.8. The van der Waals surface area contributed by atoms with Crippen LogP contribution in [0.5, 0.6) is 0 Å². The molecule has 0 saturated carbocycles. The Morgan fingerprint density at radius 3 is 2.72 bits per heavy atom. The van der Waals surface area contributed by atoms with Gasteiger partial charge in [-0.3, -0.25) is 4.79 Å². The molecule has 2 heterocycles. The van der Waals surface area contributed by atoms with E-state index in [1.54, 1.807) is 25.3 Å². The van der Waals surface area contributed by atoms with Crippen molar-refractivity contribution < 1.29 is 4.52 Å². The minimum absolute atomic E-state index is 0.0321. The van der Waals surface area contributed by atoms with Crippen molar-refractivity contribution in [3.05, 3.63) is 68.1 Å². The van der Waals surface area contributed by atoms with E-state index in [1.807, 2.05) is 18.2 Å². The number of aromatic nitrogens is 4. The third-order valence-electron chi connectivity index (χ3n) is 3.32. The van der Waals surface area contributed by atoms with E-state index in [2.05, 4.69) is 20.6 Å². The first-order chi connectivity index (χ1) is 12.1. The summed E-state index contributed by atoms with van der Waals surface area (Å²) in [5, 5.41) is 11.4. The van der Waals surface area contributed by atoms with Gasteiger partial charge in [0, 0.05) is 12.1 Å². The number of halogens is 2. The van der Waals surface area contributed by atoms with Gasteiger partial charge in [0.25, 0.3) is 5.56 Å². The summed E-state index contributed by atoms with van der Waals surface area (Å²) in [6.07, 6.45) is 4.99. The van der Waals surface area contributed by atoms with Gasteiger partial charge in [-0.15, -0.1) is 0 Å². The van der Waals surface area contributed by atoms with E-state index >= 15 is 0 Å². The highest BCUT2D eigenvalue weighted by molar-refractivity contribution is 6.32. The SMILES string of the molecule is CNc1cnn(Cc2nc(/C=C/c3ccc(Cl)cc3)no2)c(=O)c1Cl. The van der Waals surface area contributed by atoms with Crippen LogP contribution in [0.15, 0.2) is 39.8 Å². The molecule has 0 saturated heterocycles. The summed E-state index contributed by atoms with van der Waals surface area (Å²) < 4.78 is 6.29. The molecular weight excluding hydrogens is 365 g/mol. The molecule has 128 valence electrons. The van der Waals surface area contributed by atoms with Crippen LogP contribution < -0.4 is 10.9 Å². The van der Waals surface area contributed by atoms with Gasteiger partial charge in [-0.25, -0.2) is 4.68 Å². The molecule has 0 fully saturated rings. The second-order valence-corrected chi connectivity index (χ2v) is 5.83. The van der Waals surface area contributed by atoms with Crippen LogP contribution in [-0.2, 0) is 6.54 Å². The highest BCUT2D eigenvalue weighted by Crippen LogP contribution is 2.14. The van der Waals surface area contributed by atoms with Crippen molar-refractivity contribution in [2.24, 2.45) is 0 Å². The molecular formula is C16H13Cl2N5O2. The maximum Gasteiger partial charge on any atom is 0.288 e. The van der Waals surface area contributed by atoms with Gasteiger partial charge in [0.1, 0.15) is 11.6 Å². The van der Waals surface area contributed by atoms with Crippen molar-refractivity contribution in [3.63, 3.8) is 0 Å². The molecule has 3 rings (SSSR count). The predicted molar refractivity (Wildman–Crippen MR) is 96.8 cm³/mol. The first kappa shape index (κ1) is 17.2. The van der Waals surface area contributed by atoms with Crippen LogP contribution in [0, 0.1) is 0 Å². The quantitative estimate of drug-likeness (QED) is 0.734. The molecule has 3 aromatic rings. The summed E-state index contributed by atoms with van der Waals surface area (Å²) in [5.74, 6) is 0.634. The van der Waals surface area contributed by atoms with Crippen molar-refractivity contribution in [1.82, 2.24) is 19.9 Å². The summed E-state index contributed by atoms with van der Waals surface area (Å²) in [6, 6.07) is 7.32. The zero-order valence-electron chi connectivity index (χ0n) is 13.1. The number of rotatable bonds is 5. The molecule has 2 aromatic heterocycles. The monoisotopic (exact) mass is 377 g/mol. The Bertz CT molecular complexity index is 963. The van der Waals surface area contributed by atoms with E-state index in [1.165, 1.54) is 6.20 Å². The molecule has 0 aliphatic rings. The normalized spacial score (nSPS) is 11.2. The predicted octanol–water partition coefficient (Wildman–Crippen LogP) is 3.19. The number of nitrogens with one attached hydrogen (secondary N) is 1. The van der Waals surface area contributed by atoms with Crippen molar-refractivity contribution in [3.8, 4) is 0 Å². The lowest BCUT2D eigenvalue weighted by Gasteiger charge is -2.05. The molecule has 0 unspecified atom stereocenters. The Labute approximate surface area is 152 Å². The van der Waals surface area contributed by atoms with E-state index < -0.39 is 5.56 Å². The third-order valence-corrected chi connectivity index (χ3v) is 3.94. The lowest BCUT2D eigenvalue weighted by Crippen LogP contribution is -2.24. The molecule has 0 aliphatic carbocycles. The number of anilines is 1. The standard InChI is InChI=1S/C16H13Cl2N5O2/c1-19-12-8-20-23(16(24)15(12)18)9-14-21-13(22-25-14)7-4-10-2-5-11(17)6-3-10/h2-8,19H,9H2,1H3/b7-4+. The molecule has 9 heteroatoms. The van der Waals surface area contributed by atoms with E-state index in [0.29, 0.717) is 16.5 Å². The van der Waals surface area contributed by atoms with Gasteiger partial charge in [-0.2, -0.15) is 10.1 Å². The van der Waals surface area contributed by atoms with Crippen LogP contribution in [0.1, 0.15) is 17.3 Å². The number of nitrogens with zero attached hydrogens (tertiary/aromatic N) is 4. The average Bonchev–Trinajstić information content (AvgIpc) is 3.06. The molecule has 0 atom stereocenters. The highest BCUT2D eigenvalue weighted by atomic mass is 35.5. The van der Waals surface area contributed by atoms with E-state index in [0.717, 1.165) is 10.2 Å². The van der Waals surface area contributed by atoms with Gasteiger partial charge in [-0.1, -0.05) is 46.6 Å². The summed E-state index contributed by atoms with van der Waals surface area (Å²) in [4.78, 5) is 16.3. The van der Waals surface area contributed by atoms with Crippen LogP contribution in [0.4, 0.5) is 5.69 Å². The first-order valence-electron chi connectivity index (χ1n) is 7.26. The molecule has 0 radical (unpaired) electrons. The van der Waals surface area contributed by atoms with Gasteiger partial charge >= 0.3 is 0 Å². The van der Waals surface area contributed by atoms with Crippen LogP contribution in [0.3, 0.4) is 0 Å². The minimum Gasteiger partial charge on any atom is -0.385 e. The van der Waals surface area contributed by atoms with Gasteiger partial charge < -0.3 is 9.84 Å². The van der Waals surface area contributed by atoms with E-state index in [4.69, 9.17) is 27.7 Å². The topological polar surface area (TPSA) is 85.8 Å². The van der Waals surface area contributed by atoms with Crippen LogP contribution in [0.2, 0.25) is 10.0 Å². The lowest BCUT2D eigenvalue weighted by atomic mass is 10.2. The Balaban J connectivity index is 1.75. The fourth-order valence-electron chi connectivity index (χ4n) is 2.02. The summed E-state index contributed by atoms with van der Waals surface area (Å²) in [5.41, 5.74) is 0.966. The molecule has 1 N–H and O–H groups in total. The summed E-state index contributed by atoms with van der Waals surface area (Å²) in [6.45, 7) is 0.0321. The molecule has 0 spiro atoms. The van der Waals surface area contributed by atoms with Crippen molar-refractivity contribution in [1.29, 1.82) is 0 Å². The Hall–Kier alpha value is -2.64. The maximum atomic E-state index is 12.1. The number of benzene rings is 1. The largest absolute Gasteiger partial charge is 0.385 e. The number of hydrogen-bond acceptors (Lipinski definition) is 6. The van der Waals surface area contributed by atoms with Crippen LogP contribution >= 0.6 is 23.2 Å². The Morgan fingerprint density at radius 1 is 1.24 bits per heavy atom. The molecule has 0 aliphatic heterocycles. The highest BCUT2D eigenvalue weighted by Gasteiger charge is 2.11. The van der Waals surface area contributed by atoms with Gasteiger partial charge in [0.15, 0.2) is 5.82 Å². The Kier molecular flexibility index (Phi) is 5.16. The van der Waals surface area contributed by atoms with E-state index in [-0.39, 0.29) is 17.5 Å². The third kappa shape index (κ3) is 4.07. The van der Waals surface area contributed by atoms with Crippen molar-refractivity contribution in [2.75, 3.05) is 12.4 Å². The zero-order chi connectivity index (χ0) is 17.8. The first-order valence-corrected chi connectivity index (χ1v) is 8.02.